The Labute approximate surface area is 146 Å². The van der Waals surface area contributed by atoms with Gasteiger partial charge in [-0.3, -0.25) is 15.0 Å². The molecule has 3 amide bonds. The largest absolute Gasteiger partial charge is 0.338 e. The van der Waals surface area contributed by atoms with Gasteiger partial charge in [-0.25, -0.2) is 17.6 Å². The van der Waals surface area contributed by atoms with Crippen molar-refractivity contribution < 1.29 is 22.4 Å². The van der Waals surface area contributed by atoms with Crippen LogP contribution in [0.2, 0.25) is 0 Å². The molecule has 0 aromatic heterocycles. The second-order valence-corrected chi connectivity index (χ2v) is 7.48. The van der Waals surface area contributed by atoms with Crippen molar-refractivity contribution in [3.63, 3.8) is 0 Å². The predicted molar refractivity (Wildman–Crippen MR) is 88.8 cm³/mol. The van der Waals surface area contributed by atoms with E-state index in [-0.39, 0.29) is 24.5 Å². The predicted octanol–water partition coefficient (Wildman–Crippen LogP) is -0.0223. The molecule has 0 spiro atoms. The highest BCUT2D eigenvalue weighted by atomic mass is 32.2. The molecular weight excluding hydrogens is 351 g/mol. The quantitative estimate of drug-likeness (QED) is 0.757. The van der Waals surface area contributed by atoms with Gasteiger partial charge in [-0.15, -0.1) is 0 Å². The molecule has 1 heterocycles. The van der Waals surface area contributed by atoms with Crippen molar-refractivity contribution in [1.82, 2.24) is 19.8 Å². The first-order valence-corrected chi connectivity index (χ1v) is 9.32. The summed E-state index contributed by atoms with van der Waals surface area (Å²) in [5.41, 5.74) is 0. The Bertz CT molecular complexity index is 733. The van der Waals surface area contributed by atoms with Crippen LogP contribution in [0.15, 0.2) is 29.2 Å². The Kier molecular flexibility index (Phi) is 6.45. The van der Waals surface area contributed by atoms with E-state index in [1.807, 2.05) is 0 Å². The molecule has 1 aliphatic heterocycles. The summed E-state index contributed by atoms with van der Waals surface area (Å²) in [6.07, 6.45) is 0. The number of benzene rings is 1. The molecule has 0 bridgehead atoms. The summed E-state index contributed by atoms with van der Waals surface area (Å²) in [6.45, 7) is 3.22. The molecule has 1 saturated heterocycles. The first-order chi connectivity index (χ1) is 11.8. The molecule has 2 N–H and O–H groups in total. The van der Waals surface area contributed by atoms with Gasteiger partial charge in [-0.05, 0) is 25.1 Å². The van der Waals surface area contributed by atoms with Gasteiger partial charge in [0.05, 0.1) is 11.4 Å². The van der Waals surface area contributed by atoms with Gasteiger partial charge in [0, 0.05) is 32.7 Å². The monoisotopic (exact) mass is 372 g/mol. The van der Waals surface area contributed by atoms with Crippen LogP contribution in [-0.4, -0.2) is 68.8 Å². The van der Waals surface area contributed by atoms with Crippen LogP contribution in [0, 0.1) is 5.82 Å². The standard InChI is InChI=1S/C15H21FN4O4S/c1-2-17-15(22)18-14(21)11-19-6-8-20(9-7-19)25(23,24)13-5-3-4-12(16)10-13/h3-5,10H,2,6-9,11H2,1H3,(H2,17,18,21,22). The number of hydrogen-bond donors (Lipinski definition) is 2. The van der Waals surface area contributed by atoms with Gasteiger partial charge in [0.15, 0.2) is 0 Å². The van der Waals surface area contributed by atoms with Crippen LogP contribution in [0.5, 0.6) is 0 Å². The van der Waals surface area contributed by atoms with Crippen LogP contribution in [0.3, 0.4) is 0 Å². The first kappa shape index (κ1) is 19.3. The first-order valence-electron chi connectivity index (χ1n) is 7.88. The fourth-order valence-electron chi connectivity index (χ4n) is 2.48. The Hall–Kier alpha value is -2.04. The third kappa shape index (κ3) is 5.21. The summed E-state index contributed by atoms with van der Waals surface area (Å²) < 4.78 is 39.5. The van der Waals surface area contributed by atoms with Crippen LogP contribution in [-0.2, 0) is 14.8 Å². The molecule has 10 heteroatoms. The van der Waals surface area contributed by atoms with Gasteiger partial charge in [0.2, 0.25) is 15.9 Å². The average molecular weight is 372 g/mol. The van der Waals surface area contributed by atoms with Gasteiger partial charge >= 0.3 is 6.03 Å². The Morgan fingerprint density at radius 1 is 1.20 bits per heavy atom. The van der Waals surface area contributed by atoms with Gasteiger partial charge in [-0.2, -0.15) is 4.31 Å². The number of carbonyl (C=O) groups is 2. The third-order valence-electron chi connectivity index (χ3n) is 3.72. The molecule has 0 unspecified atom stereocenters. The highest BCUT2D eigenvalue weighted by Gasteiger charge is 2.29. The fourth-order valence-corrected chi connectivity index (χ4v) is 3.93. The number of nitrogens with one attached hydrogen (secondary N) is 2. The number of imide groups is 1. The van der Waals surface area contributed by atoms with Crippen molar-refractivity contribution in [2.24, 2.45) is 0 Å². The van der Waals surface area contributed by atoms with Gasteiger partial charge in [-0.1, -0.05) is 6.07 Å². The highest BCUT2D eigenvalue weighted by molar-refractivity contribution is 7.89. The van der Waals surface area contributed by atoms with E-state index in [4.69, 9.17) is 0 Å². The molecule has 0 atom stereocenters. The van der Waals surface area contributed by atoms with Crippen LogP contribution in [0.4, 0.5) is 9.18 Å². The number of piperazine rings is 1. The maximum absolute atomic E-state index is 13.3. The van der Waals surface area contributed by atoms with E-state index < -0.39 is 27.8 Å². The van der Waals surface area contributed by atoms with Crippen molar-refractivity contribution in [2.75, 3.05) is 39.3 Å². The number of urea groups is 1. The zero-order valence-electron chi connectivity index (χ0n) is 13.9. The number of nitrogens with zero attached hydrogens (tertiary/aromatic N) is 2. The fraction of sp³-hybridized carbons (Fsp3) is 0.467. The number of halogens is 1. The summed E-state index contributed by atoms with van der Waals surface area (Å²) in [6, 6.07) is 4.32. The number of hydrogen-bond acceptors (Lipinski definition) is 5. The third-order valence-corrected chi connectivity index (χ3v) is 5.62. The van der Waals surface area contributed by atoms with E-state index in [9.17, 15) is 22.4 Å². The van der Waals surface area contributed by atoms with E-state index in [2.05, 4.69) is 10.6 Å². The van der Waals surface area contributed by atoms with Gasteiger partial charge in [0.1, 0.15) is 5.82 Å². The molecule has 0 radical (unpaired) electrons. The number of rotatable bonds is 5. The second-order valence-electron chi connectivity index (χ2n) is 5.55. The molecule has 8 nitrogen and oxygen atoms in total. The highest BCUT2D eigenvalue weighted by Crippen LogP contribution is 2.18. The lowest BCUT2D eigenvalue weighted by molar-refractivity contribution is -0.121. The molecule has 1 aliphatic rings. The summed E-state index contributed by atoms with van der Waals surface area (Å²) in [5, 5.41) is 4.65. The Morgan fingerprint density at radius 2 is 1.88 bits per heavy atom. The summed E-state index contributed by atoms with van der Waals surface area (Å²) in [4.78, 5) is 24.7. The second kappa shape index (κ2) is 8.37. The topological polar surface area (TPSA) is 98.8 Å². The van der Waals surface area contributed by atoms with E-state index in [1.54, 1.807) is 11.8 Å². The summed E-state index contributed by atoms with van der Waals surface area (Å²) >= 11 is 0. The van der Waals surface area contributed by atoms with E-state index in [1.165, 1.54) is 22.5 Å². The summed E-state index contributed by atoms with van der Waals surface area (Å²) in [5.74, 6) is -1.06. The summed E-state index contributed by atoms with van der Waals surface area (Å²) in [7, 11) is -3.76. The van der Waals surface area contributed by atoms with E-state index in [0.717, 1.165) is 6.07 Å². The molecular formula is C15H21FN4O4S. The number of carbonyl (C=O) groups excluding carboxylic acids is 2. The molecule has 0 saturated carbocycles. The molecule has 0 aliphatic carbocycles. The lowest BCUT2D eigenvalue weighted by Gasteiger charge is -2.33. The van der Waals surface area contributed by atoms with E-state index >= 15 is 0 Å². The van der Waals surface area contributed by atoms with Crippen LogP contribution < -0.4 is 10.6 Å². The van der Waals surface area contributed by atoms with Crippen molar-refractivity contribution in [3.8, 4) is 0 Å². The lowest BCUT2D eigenvalue weighted by Crippen LogP contribution is -2.52. The van der Waals surface area contributed by atoms with Crippen molar-refractivity contribution in [3.05, 3.63) is 30.1 Å². The maximum atomic E-state index is 13.3. The zero-order valence-corrected chi connectivity index (χ0v) is 14.7. The minimum Gasteiger partial charge on any atom is -0.338 e. The van der Waals surface area contributed by atoms with Crippen molar-refractivity contribution in [2.45, 2.75) is 11.8 Å². The minimum atomic E-state index is -3.76. The van der Waals surface area contributed by atoms with Crippen LogP contribution in [0.25, 0.3) is 0 Å². The maximum Gasteiger partial charge on any atom is 0.321 e. The number of sulfonamides is 1. The van der Waals surface area contributed by atoms with Gasteiger partial charge < -0.3 is 5.32 Å². The van der Waals surface area contributed by atoms with Crippen molar-refractivity contribution >= 4 is 22.0 Å². The minimum absolute atomic E-state index is 0.00495. The smallest absolute Gasteiger partial charge is 0.321 e. The Morgan fingerprint density at radius 3 is 2.48 bits per heavy atom. The zero-order chi connectivity index (χ0) is 18.4. The normalized spacial score (nSPS) is 16.4. The molecule has 1 fully saturated rings. The molecule has 138 valence electrons. The molecule has 1 aromatic carbocycles. The van der Waals surface area contributed by atoms with Crippen LogP contribution in [0.1, 0.15) is 6.92 Å². The lowest BCUT2D eigenvalue weighted by atomic mass is 10.3. The average Bonchev–Trinajstić information content (AvgIpc) is 2.55. The van der Waals surface area contributed by atoms with Crippen molar-refractivity contribution in [1.29, 1.82) is 0 Å². The Balaban J connectivity index is 1.89. The number of amides is 3. The van der Waals surface area contributed by atoms with Gasteiger partial charge in [0.25, 0.3) is 0 Å². The SMILES string of the molecule is CCNC(=O)NC(=O)CN1CCN(S(=O)(=O)c2cccc(F)c2)CC1. The molecule has 1 aromatic rings. The molecule has 2 rings (SSSR count). The molecule has 25 heavy (non-hydrogen) atoms. The van der Waals surface area contributed by atoms with Crippen LogP contribution >= 0.6 is 0 Å². The van der Waals surface area contributed by atoms with E-state index in [0.29, 0.717) is 19.6 Å².